The van der Waals surface area contributed by atoms with Gasteiger partial charge in [-0.2, -0.15) is 13.2 Å². The van der Waals surface area contributed by atoms with Gasteiger partial charge in [0.15, 0.2) is 0 Å². The van der Waals surface area contributed by atoms with E-state index in [1.54, 1.807) is 19.1 Å². The first-order chi connectivity index (χ1) is 17.7. The first kappa shape index (κ1) is 29.8. The molecule has 208 valence electrons. The predicted octanol–water partition coefficient (Wildman–Crippen LogP) is 4.91. The van der Waals surface area contributed by atoms with E-state index in [2.05, 4.69) is 5.32 Å². The minimum absolute atomic E-state index is 0.00250. The van der Waals surface area contributed by atoms with E-state index in [9.17, 15) is 31.2 Å². The zero-order valence-electron chi connectivity index (χ0n) is 21.4. The van der Waals surface area contributed by atoms with Crippen LogP contribution in [0.3, 0.4) is 0 Å². The molecule has 7 nitrogen and oxygen atoms in total. The number of alkyl halides is 3. The molecule has 1 aliphatic rings. The Labute approximate surface area is 226 Å². The van der Waals surface area contributed by atoms with E-state index in [1.165, 1.54) is 4.90 Å². The molecule has 38 heavy (non-hydrogen) atoms. The Balaban J connectivity index is 1.96. The molecule has 3 rings (SSSR count). The fourth-order valence-corrected chi connectivity index (χ4v) is 5.58. The molecule has 0 unspecified atom stereocenters. The van der Waals surface area contributed by atoms with Crippen LogP contribution >= 0.6 is 11.6 Å². The normalized spacial score (nSPS) is 15.2. The van der Waals surface area contributed by atoms with Crippen LogP contribution in [0.25, 0.3) is 0 Å². The van der Waals surface area contributed by atoms with Crippen molar-refractivity contribution in [2.75, 3.05) is 17.1 Å². The average molecular weight is 574 g/mol. The molecule has 0 heterocycles. The van der Waals surface area contributed by atoms with Crippen LogP contribution in [-0.2, 0) is 32.3 Å². The third kappa shape index (κ3) is 7.63. The molecule has 1 N–H and O–H groups in total. The van der Waals surface area contributed by atoms with Crippen molar-refractivity contribution in [1.82, 2.24) is 10.2 Å². The van der Waals surface area contributed by atoms with Gasteiger partial charge in [0, 0.05) is 12.6 Å². The number of carbonyl (C=O) groups is 2. The van der Waals surface area contributed by atoms with Crippen molar-refractivity contribution >= 4 is 39.1 Å². The van der Waals surface area contributed by atoms with E-state index < -0.39 is 45.9 Å². The van der Waals surface area contributed by atoms with Crippen molar-refractivity contribution in [2.45, 2.75) is 64.3 Å². The SMILES string of the molecule is Cc1cccc(CN(C(=O)CN(c2cc(C(F)(F)F)ccc2Cl)S(C)(=O)=O)[C@H](C)C(=O)NC2CCCC2)c1. The molecular weight excluding hydrogens is 543 g/mol. The Morgan fingerprint density at radius 3 is 2.37 bits per heavy atom. The quantitative estimate of drug-likeness (QED) is 0.462. The molecule has 0 saturated heterocycles. The molecule has 1 fully saturated rings. The Morgan fingerprint density at radius 2 is 1.79 bits per heavy atom. The second-order valence-electron chi connectivity index (χ2n) is 9.61. The summed E-state index contributed by atoms with van der Waals surface area (Å²) >= 11 is 6.10. The summed E-state index contributed by atoms with van der Waals surface area (Å²) in [5.41, 5.74) is 0.0446. The van der Waals surface area contributed by atoms with Crippen LogP contribution in [0.2, 0.25) is 5.02 Å². The lowest BCUT2D eigenvalue weighted by atomic mass is 10.1. The lowest BCUT2D eigenvalue weighted by Gasteiger charge is -2.32. The van der Waals surface area contributed by atoms with Gasteiger partial charge in [0.25, 0.3) is 0 Å². The zero-order valence-corrected chi connectivity index (χ0v) is 23.0. The number of rotatable bonds is 9. The summed E-state index contributed by atoms with van der Waals surface area (Å²) in [6.45, 7) is 2.56. The molecule has 0 bridgehead atoms. The molecule has 0 radical (unpaired) electrons. The van der Waals surface area contributed by atoms with Gasteiger partial charge in [0.1, 0.15) is 12.6 Å². The number of sulfonamides is 1. The highest BCUT2D eigenvalue weighted by Crippen LogP contribution is 2.36. The molecule has 1 saturated carbocycles. The first-order valence-electron chi connectivity index (χ1n) is 12.2. The maximum atomic E-state index is 13.6. The number of hydrogen-bond donors (Lipinski definition) is 1. The molecule has 2 aromatic rings. The number of anilines is 1. The molecule has 1 aliphatic carbocycles. The van der Waals surface area contributed by atoms with Crippen LogP contribution in [0.5, 0.6) is 0 Å². The number of nitrogens with zero attached hydrogens (tertiary/aromatic N) is 2. The van der Waals surface area contributed by atoms with Gasteiger partial charge in [0.2, 0.25) is 21.8 Å². The third-order valence-electron chi connectivity index (χ3n) is 6.53. The second-order valence-corrected chi connectivity index (χ2v) is 11.9. The molecular formula is C26H31ClF3N3O4S. The van der Waals surface area contributed by atoms with Gasteiger partial charge in [-0.15, -0.1) is 0 Å². The fraction of sp³-hybridized carbons (Fsp3) is 0.462. The largest absolute Gasteiger partial charge is 0.416 e. The number of carbonyl (C=O) groups excluding carboxylic acids is 2. The van der Waals surface area contributed by atoms with Gasteiger partial charge < -0.3 is 10.2 Å². The number of amides is 2. The predicted molar refractivity (Wildman–Crippen MR) is 140 cm³/mol. The molecule has 1 atom stereocenters. The highest BCUT2D eigenvalue weighted by Gasteiger charge is 2.35. The van der Waals surface area contributed by atoms with E-state index in [1.807, 2.05) is 19.1 Å². The van der Waals surface area contributed by atoms with Crippen LogP contribution in [0.1, 0.15) is 49.3 Å². The zero-order chi connectivity index (χ0) is 28.3. The standard InChI is InChI=1S/C26H31ClF3N3O4S/c1-17-7-6-8-19(13-17)15-32(18(2)25(35)31-21-9-4-5-10-21)24(34)16-33(38(3,36)37)23-14-20(26(28,29)30)11-12-22(23)27/h6-8,11-14,18,21H,4-5,9-10,15-16H2,1-3H3,(H,31,35)/t18-/m1/s1. The van der Waals surface area contributed by atoms with Gasteiger partial charge in [0.05, 0.1) is 22.5 Å². The number of nitrogens with one attached hydrogen (secondary N) is 1. The number of aryl methyl sites for hydroxylation is 1. The van der Waals surface area contributed by atoms with Crippen molar-refractivity contribution in [2.24, 2.45) is 0 Å². The smallest absolute Gasteiger partial charge is 0.352 e. The Kier molecular flexibility index (Phi) is 9.35. The van der Waals surface area contributed by atoms with E-state index in [0.717, 1.165) is 49.6 Å². The summed E-state index contributed by atoms with van der Waals surface area (Å²) < 4.78 is 66.0. The second kappa shape index (κ2) is 11.9. The van der Waals surface area contributed by atoms with Crippen molar-refractivity contribution in [3.63, 3.8) is 0 Å². The summed E-state index contributed by atoms with van der Waals surface area (Å²) in [4.78, 5) is 27.9. The molecule has 0 aromatic heterocycles. The Hall–Kier alpha value is -2.79. The summed E-state index contributed by atoms with van der Waals surface area (Å²) in [6, 6.07) is 8.55. The lowest BCUT2D eigenvalue weighted by molar-refractivity contribution is -0.139. The maximum absolute atomic E-state index is 13.6. The maximum Gasteiger partial charge on any atom is 0.416 e. The highest BCUT2D eigenvalue weighted by atomic mass is 35.5. The number of hydrogen-bond acceptors (Lipinski definition) is 4. The highest BCUT2D eigenvalue weighted by molar-refractivity contribution is 7.92. The van der Waals surface area contributed by atoms with Gasteiger partial charge in [-0.05, 0) is 50.5 Å². The molecule has 0 spiro atoms. The van der Waals surface area contributed by atoms with Crippen molar-refractivity contribution in [3.05, 3.63) is 64.2 Å². The van der Waals surface area contributed by atoms with Crippen molar-refractivity contribution < 1.29 is 31.2 Å². The van der Waals surface area contributed by atoms with Gasteiger partial charge in [-0.25, -0.2) is 8.42 Å². The lowest BCUT2D eigenvalue weighted by Crippen LogP contribution is -2.52. The van der Waals surface area contributed by atoms with Crippen LogP contribution in [0.4, 0.5) is 18.9 Å². The van der Waals surface area contributed by atoms with Gasteiger partial charge in [-0.1, -0.05) is 54.3 Å². The average Bonchev–Trinajstić information content (AvgIpc) is 3.32. The van der Waals surface area contributed by atoms with Crippen molar-refractivity contribution in [1.29, 1.82) is 0 Å². The van der Waals surface area contributed by atoms with Gasteiger partial charge in [-0.3, -0.25) is 13.9 Å². The van der Waals surface area contributed by atoms with E-state index in [0.29, 0.717) is 15.9 Å². The summed E-state index contributed by atoms with van der Waals surface area (Å²) in [5, 5.41) is 2.68. The van der Waals surface area contributed by atoms with Crippen LogP contribution in [0.15, 0.2) is 42.5 Å². The number of halogens is 4. The summed E-state index contributed by atoms with van der Waals surface area (Å²) in [6.07, 6.45) is -0.326. The van der Waals surface area contributed by atoms with Gasteiger partial charge >= 0.3 is 6.18 Å². The Morgan fingerprint density at radius 1 is 1.13 bits per heavy atom. The number of benzene rings is 2. The fourth-order valence-electron chi connectivity index (χ4n) is 4.46. The summed E-state index contributed by atoms with van der Waals surface area (Å²) in [5.74, 6) is -1.15. The van der Waals surface area contributed by atoms with E-state index >= 15 is 0 Å². The molecule has 2 aromatic carbocycles. The van der Waals surface area contributed by atoms with E-state index in [-0.39, 0.29) is 23.5 Å². The van der Waals surface area contributed by atoms with E-state index in [4.69, 9.17) is 11.6 Å². The minimum atomic E-state index is -4.75. The molecule has 2 amide bonds. The van der Waals surface area contributed by atoms with Crippen LogP contribution in [-0.4, -0.2) is 50.0 Å². The topological polar surface area (TPSA) is 86.8 Å². The van der Waals surface area contributed by atoms with Crippen molar-refractivity contribution in [3.8, 4) is 0 Å². The van der Waals surface area contributed by atoms with Crippen LogP contribution in [0, 0.1) is 6.92 Å². The Bertz CT molecular complexity index is 1280. The minimum Gasteiger partial charge on any atom is -0.352 e. The van der Waals surface area contributed by atoms with Crippen LogP contribution < -0.4 is 9.62 Å². The molecule has 12 heteroatoms. The molecule has 0 aliphatic heterocycles. The summed E-state index contributed by atoms with van der Waals surface area (Å²) in [7, 11) is -4.24. The third-order valence-corrected chi connectivity index (χ3v) is 7.97. The first-order valence-corrected chi connectivity index (χ1v) is 14.4. The monoisotopic (exact) mass is 573 g/mol.